The van der Waals surface area contributed by atoms with Crippen LogP contribution in [0, 0.1) is 17.7 Å². The Kier molecular flexibility index (Phi) is 8.35. The van der Waals surface area contributed by atoms with Gasteiger partial charge in [-0.05, 0) is 79.0 Å². The number of likely N-dealkylation sites (tertiary alicyclic amines) is 2. The van der Waals surface area contributed by atoms with Gasteiger partial charge in [-0.3, -0.25) is 19.4 Å². The Morgan fingerprint density at radius 1 is 0.947 bits per heavy atom. The molecular formula is C31H37FN4O2. The molecule has 200 valence electrons. The lowest BCUT2D eigenvalue weighted by Gasteiger charge is -2.37. The van der Waals surface area contributed by atoms with E-state index < -0.39 is 0 Å². The van der Waals surface area contributed by atoms with Crippen molar-refractivity contribution in [1.29, 1.82) is 0 Å². The fourth-order valence-corrected chi connectivity index (χ4v) is 5.98. The molecule has 0 saturated carbocycles. The molecule has 0 spiro atoms. The lowest BCUT2D eigenvalue weighted by molar-refractivity contribution is -0.130. The smallest absolute Gasteiger partial charge is 0.228 e. The molecule has 1 unspecified atom stereocenters. The third-order valence-corrected chi connectivity index (χ3v) is 8.02. The molecule has 2 N–H and O–H groups in total. The molecule has 3 aromatic rings. The highest BCUT2D eigenvalue weighted by Gasteiger charge is 2.35. The Bertz CT molecular complexity index is 1260. The lowest BCUT2D eigenvalue weighted by Crippen LogP contribution is -2.50. The van der Waals surface area contributed by atoms with Crippen LogP contribution in [0.3, 0.4) is 0 Å². The van der Waals surface area contributed by atoms with Crippen LogP contribution in [0.25, 0.3) is 10.8 Å². The summed E-state index contributed by atoms with van der Waals surface area (Å²) in [7, 11) is 0. The van der Waals surface area contributed by atoms with Crippen LogP contribution in [0.5, 0.6) is 0 Å². The number of fused-ring (bicyclic) bond motifs is 1. The van der Waals surface area contributed by atoms with Crippen LogP contribution in [-0.2, 0) is 16.1 Å². The molecule has 2 saturated heterocycles. The second-order valence-corrected chi connectivity index (χ2v) is 10.7. The topological polar surface area (TPSA) is 64.7 Å². The average Bonchev–Trinajstić information content (AvgIpc) is 3.40. The number of hydrogen-bond acceptors (Lipinski definition) is 4. The maximum Gasteiger partial charge on any atom is 0.228 e. The highest BCUT2D eigenvalue weighted by atomic mass is 19.1. The van der Waals surface area contributed by atoms with E-state index in [2.05, 4.69) is 57.7 Å². The molecule has 2 aliphatic rings. The van der Waals surface area contributed by atoms with Crippen LogP contribution in [0.1, 0.15) is 31.7 Å². The predicted octanol–water partition coefficient (Wildman–Crippen LogP) is 4.66. The first-order chi connectivity index (χ1) is 18.5. The summed E-state index contributed by atoms with van der Waals surface area (Å²) in [5.41, 5.74) is 1.72. The number of nitrogens with zero attached hydrogens (tertiary/aromatic N) is 2. The number of carbonyl (C=O) groups excluding carboxylic acids is 2. The third kappa shape index (κ3) is 6.40. The van der Waals surface area contributed by atoms with Gasteiger partial charge < -0.3 is 10.6 Å². The number of rotatable bonds is 8. The Balaban J connectivity index is 1.29. The molecule has 0 aliphatic carbocycles. The number of hydrogen-bond donors (Lipinski definition) is 2. The number of anilines is 1. The van der Waals surface area contributed by atoms with Crippen LogP contribution < -0.4 is 10.6 Å². The second kappa shape index (κ2) is 12.0. The van der Waals surface area contributed by atoms with Crippen LogP contribution in [0.2, 0.25) is 0 Å². The van der Waals surface area contributed by atoms with Gasteiger partial charge in [0.1, 0.15) is 5.82 Å². The van der Waals surface area contributed by atoms with E-state index in [-0.39, 0.29) is 29.5 Å². The summed E-state index contributed by atoms with van der Waals surface area (Å²) in [6, 6.07) is 20.9. The van der Waals surface area contributed by atoms with E-state index in [9.17, 15) is 14.0 Å². The van der Waals surface area contributed by atoms with E-state index >= 15 is 0 Å². The largest absolute Gasteiger partial charge is 0.354 e. The summed E-state index contributed by atoms with van der Waals surface area (Å²) >= 11 is 0. The summed E-state index contributed by atoms with van der Waals surface area (Å²) in [5, 5.41) is 8.50. The maximum atomic E-state index is 13.4. The fraction of sp³-hybridized carbons (Fsp3) is 0.419. The number of halogens is 1. The van der Waals surface area contributed by atoms with Gasteiger partial charge in [0.05, 0.1) is 11.8 Å². The number of likely N-dealkylation sites (N-methyl/N-ethyl adjacent to an activating group) is 1. The molecule has 3 atom stereocenters. The van der Waals surface area contributed by atoms with Crippen LogP contribution in [0.15, 0.2) is 66.7 Å². The molecule has 0 aromatic heterocycles. The quantitative estimate of drug-likeness (QED) is 0.457. The third-order valence-electron chi connectivity index (χ3n) is 8.02. The first-order valence-corrected chi connectivity index (χ1v) is 13.8. The van der Waals surface area contributed by atoms with Crippen molar-refractivity contribution in [2.75, 3.05) is 38.0 Å². The van der Waals surface area contributed by atoms with Crippen molar-refractivity contribution in [2.45, 2.75) is 38.8 Å². The number of benzene rings is 3. The molecule has 0 radical (unpaired) electrons. The molecule has 2 heterocycles. The summed E-state index contributed by atoms with van der Waals surface area (Å²) in [5.74, 6) is -1.07. The van der Waals surface area contributed by atoms with Gasteiger partial charge in [-0.15, -0.1) is 0 Å². The zero-order valence-electron chi connectivity index (χ0n) is 22.0. The van der Waals surface area contributed by atoms with Gasteiger partial charge in [-0.25, -0.2) is 4.39 Å². The van der Waals surface area contributed by atoms with Gasteiger partial charge in [0, 0.05) is 37.9 Å². The number of amides is 2. The van der Waals surface area contributed by atoms with Crippen LogP contribution in [0.4, 0.5) is 10.1 Å². The molecule has 7 heteroatoms. The van der Waals surface area contributed by atoms with Crippen LogP contribution in [-0.4, -0.2) is 60.4 Å². The molecule has 5 rings (SSSR count). The average molecular weight is 517 g/mol. The van der Waals surface area contributed by atoms with Crippen molar-refractivity contribution in [3.05, 3.63) is 78.1 Å². The number of nitrogens with one attached hydrogen (secondary N) is 2. The van der Waals surface area contributed by atoms with E-state index in [0.29, 0.717) is 44.3 Å². The first-order valence-electron chi connectivity index (χ1n) is 13.8. The zero-order valence-corrected chi connectivity index (χ0v) is 22.0. The normalized spacial score (nSPS) is 22.4. The Morgan fingerprint density at radius 2 is 1.68 bits per heavy atom. The summed E-state index contributed by atoms with van der Waals surface area (Å²) < 4.78 is 13.3. The van der Waals surface area contributed by atoms with Crippen molar-refractivity contribution in [2.24, 2.45) is 11.8 Å². The summed E-state index contributed by atoms with van der Waals surface area (Å²) in [6.07, 6.45) is 2.77. The van der Waals surface area contributed by atoms with Gasteiger partial charge >= 0.3 is 0 Å². The van der Waals surface area contributed by atoms with E-state index in [4.69, 9.17) is 0 Å². The van der Waals surface area contributed by atoms with Crippen molar-refractivity contribution in [1.82, 2.24) is 15.1 Å². The van der Waals surface area contributed by atoms with Crippen molar-refractivity contribution >= 4 is 28.3 Å². The van der Waals surface area contributed by atoms with Crippen molar-refractivity contribution < 1.29 is 14.0 Å². The highest BCUT2D eigenvalue weighted by Crippen LogP contribution is 2.27. The molecule has 38 heavy (non-hydrogen) atoms. The Morgan fingerprint density at radius 3 is 2.45 bits per heavy atom. The molecular weight excluding hydrogens is 479 g/mol. The first kappa shape index (κ1) is 26.3. The minimum atomic E-state index is -0.345. The van der Waals surface area contributed by atoms with Crippen molar-refractivity contribution in [3.8, 4) is 0 Å². The monoisotopic (exact) mass is 516 g/mol. The zero-order chi connectivity index (χ0) is 26.5. The second-order valence-electron chi connectivity index (χ2n) is 10.7. The van der Waals surface area contributed by atoms with Gasteiger partial charge in [0.25, 0.3) is 0 Å². The Labute approximate surface area is 224 Å². The molecule has 0 bridgehead atoms. The standard InChI is InChI=1S/C31H37FN4O2/c1-2-36-15-5-8-29(36)18-33-30(37)25-17-26(31(38)34-28-13-11-27(32)12-14-28)21-35(20-25)19-22-9-10-23-6-3-4-7-24(23)16-22/h3-4,6-7,9-14,16,25-26,29H,2,5,8,15,17-21H2,1H3,(H,33,37)(H,34,38)/t25-,26+,29?/m0/s1. The van der Waals surface area contributed by atoms with Gasteiger partial charge in [-0.2, -0.15) is 0 Å². The molecule has 6 nitrogen and oxygen atoms in total. The molecule has 3 aromatic carbocycles. The molecule has 2 amide bonds. The minimum Gasteiger partial charge on any atom is -0.354 e. The van der Waals surface area contributed by atoms with Crippen LogP contribution >= 0.6 is 0 Å². The van der Waals surface area contributed by atoms with Gasteiger partial charge in [0.2, 0.25) is 11.8 Å². The predicted molar refractivity (Wildman–Crippen MR) is 149 cm³/mol. The fourth-order valence-electron chi connectivity index (χ4n) is 5.98. The van der Waals surface area contributed by atoms with E-state index in [1.807, 2.05) is 12.1 Å². The summed E-state index contributed by atoms with van der Waals surface area (Å²) in [6.45, 7) is 6.75. The number of piperidine rings is 1. The SMILES string of the molecule is CCN1CCCC1CNC(=O)[C@H]1C[C@@H](C(=O)Nc2ccc(F)cc2)CN(Cc2ccc3ccccc3c2)C1. The highest BCUT2D eigenvalue weighted by molar-refractivity contribution is 5.93. The molecule has 2 aliphatic heterocycles. The summed E-state index contributed by atoms with van der Waals surface area (Å²) in [4.78, 5) is 31.3. The van der Waals surface area contributed by atoms with Gasteiger partial charge in [-0.1, -0.05) is 43.3 Å². The Hall–Kier alpha value is -3.29. The van der Waals surface area contributed by atoms with Crippen molar-refractivity contribution in [3.63, 3.8) is 0 Å². The van der Waals surface area contributed by atoms with E-state index in [1.165, 1.54) is 29.3 Å². The molecule has 2 fully saturated rings. The number of carbonyl (C=O) groups is 2. The van der Waals surface area contributed by atoms with E-state index in [1.54, 1.807) is 12.1 Å². The maximum absolute atomic E-state index is 13.4. The lowest BCUT2D eigenvalue weighted by atomic mass is 9.87. The van der Waals surface area contributed by atoms with E-state index in [0.717, 1.165) is 25.1 Å². The van der Waals surface area contributed by atoms with Gasteiger partial charge in [0.15, 0.2) is 0 Å². The minimum absolute atomic E-state index is 0.0238.